The number of benzene rings is 1. The number of rotatable bonds is 6. The number of carbonyl (C=O) groups excluding carboxylic acids is 1. The summed E-state index contributed by atoms with van der Waals surface area (Å²) in [6.45, 7) is 1.40. The molecule has 1 aliphatic heterocycles. The van der Waals surface area contributed by atoms with E-state index in [1.54, 1.807) is 26.4 Å². The first-order chi connectivity index (χ1) is 13.2. The Morgan fingerprint density at radius 1 is 1.19 bits per heavy atom. The molecular weight excluding hydrogens is 344 g/mol. The van der Waals surface area contributed by atoms with Crippen LogP contribution in [-0.4, -0.2) is 53.1 Å². The van der Waals surface area contributed by atoms with Gasteiger partial charge >= 0.3 is 0 Å². The van der Waals surface area contributed by atoms with Crippen molar-refractivity contribution in [3.05, 3.63) is 41.7 Å². The van der Waals surface area contributed by atoms with E-state index in [0.29, 0.717) is 24.0 Å². The third-order valence-corrected chi connectivity index (χ3v) is 5.20. The molecule has 1 amide bonds. The molecular formula is C20H24N4O3. The van der Waals surface area contributed by atoms with Gasteiger partial charge in [-0.1, -0.05) is 11.3 Å². The van der Waals surface area contributed by atoms with Gasteiger partial charge in [-0.25, -0.2) is 4.68 Å². The molecule has 0 spiro atoms. The summed E-state index contributed by atoms with van der Waals surface area (Å²) in [4.78, 5) is 14.4. The van der Waals surface area contributed by atoms with E-state index in [1.165, 1.54) is 12.8 Å². The lowest BCUT2D eigenvalue weighted by Gasteiger charge is -2.14. The molecule has 2 heterocycles. The second-order valence-corrected chi connectivity index (χ2v) is 7.07. The molecule has 2 aliphatic rings. The second kappa shape index (κ2) is 7.42. The van der Waals surface area contributed by atoms with Crippen molar-refractivity contribution in [2.45, 2.75) is 31.2 Å². The zero-order valence-corrected chi connectivity index (χ0v) is 15.7. The van der Waals surface area contributed by atoms with Gasteiger partial charge in [0, 0.05) is 31.3 Å². The first-order valence-corrected chi connectivity index (χ1v) is 9.28. The quantitative estimate of drug-likeness (QED) is 0.733. The van der Waals surface area contributed by atoms with Crippen molar-refractivity contribution < 1.29 is 14.3 Å². The van der Waals surface area contributed by atoms with Crippen LogP contribution in [0.15, 0.2) is 30.5 Å². The molecule has 7 heteroatoms. The predicted molar refractivity (Wildman–Crippen MR) is 101 cm³/mol. The van der Waals surface area contributed by atoms with Gasteiger partial charge in [-0.2, -0.15) is 0 Å². The maximum absolute atomic E-state index is 12.5. The second-order valence-electron chi connectivity index (χ2n) is 7.07. The molecule has 0 N–H and O–H groups in total. The van der Waals surface area contributed by atoms with E-state index in [-0.39, 0.29) is 11.9 Å². The van der Waals surface area contributed by atoms with E-state index in [0.717, 1.165) is 24.2 Å². The first-order valence-electron chi connectivity index (χ1n) is 9.28. The minimum Gasteiger partial charge on any atom is -0.493 e. The van der Waals surface area contributed by atoms with Crippen molar-refractivity contribution in [2.24, 2.45) is 0 Å². The Labute approximate surface area is 158 Å². The number of ether oxygens (including phenoxy) is 2. The van der Waals surface area contributed by atoms with Crippen LogP contribution in [0.25, 0.3) is 6.08 Å². The van der Waals surface area contributed by atoms with E-state index in [4.69, 9.17) is 9.47 Å². The van der Waals surface area contributed by atoms with Crippen molar-refractivity contribution in [2.75, 3.05) is 27.3 Å². The number of hydrogen-bond acceptors (Lipinski definition) is 5. The Hall–Kier alpha value is -2.83. The lowest BCUT2D eigenvalue weighted by atomic mass is 10.2. The van der Waals surface area contributed by atoms with Crippen LogP contribution >= 0.6 is 0 Å². The van der Waals surface area contributed by atoms with Gasteiger partial charge in [0.15, 0.2) is 11.5 Å². The van der Waals surface area contributed by atoms with E-state index >= 15 is 0 Å². The summed E-state index contributed by atoms with van der Waals surface area (Å²) in [5, 5.41) is 8.54. The minimum atomic E-state index is 0.00909. The maximum atomic E-state index is 12.5. The number of amides is 1. The van der Waals surface area contributed by atoms with Gasteiger partial charge in [0.1, 0.15) is 0 Å². The lowest BCUT2D eigenvalue weighted by molar-refractivity contribution is -0.125. The SMILES string of the molecule is COc1ccc(/C=C/C(=O)N2CCC(n3cc(C4CC4)nn3)C2)cc1OC. The molecule has 7 nitrogen and oxygen atoms in total. The van der Waals surface area contributed by atoms with Gasteiger partial charge in [-0.15, -0.1) is 5.10 Å². The molecule has 0 bridgehead atoms. The van der Waals surface area contributed by atoms with E-state index in [1.807, 2.05) is 27.8 Å². The molecule has 4 rings (SSSR count). The predicted octanol–water partition coefficient (Wildman–Crippen LogP) is 2.66. The highest BCUT2D eigenvalue weighted by atomic mass is 16.5. The number of nitrogens with zero attached hydrogens (tertiary/aromatic N) is 4. The Morgan fingerprint density at radius 2 is 2.00 bits per heavy atom. The Morgan fingerprint density at radius 3 is 2.74 bits per heavy atom. The largest absolute Gasteiger partial charge is 0.493 e. The van der Waals surface area contributed by atoms with Gasteiger partial charge in [-0.05, 0) is 43.0 Å². The molecule has 2 fully saturated rings. The zero-order chi connectivity index (χ0) is 18.8. The van der Waals surface area contributed by atoms with Gasteiger partial charge in [0.25, 0.3) is 0 Å². The molecule has 1 aromatic carbocycles. The summed E-state index contributed by atoms with van der Waals surface area (Å²) in [6.07, 6.45) is 8.81. The number of methoxy groups -OCH3 is 2. The van der Waals surface area contributed by atoms with Crippen LogP contribution in [0, 0.1) is 0 Å². The topological polar surface area (TPSA) is 69.5 Å². The van der Waals surface area contributed by atoms with Crippen molar-refractivity contribution in [1.29, 1.82) is 0 Å². The molecule has 2 aromatic rings. The molecule has 0 radical (unpaired) electrons. The number of hydrogen-bond donors (Lipinski definition) is 0. The average Bonchev–Trinajstić information content (AvgIpc) is 3.22. The summed E-state index contributed by atoms with van der Waals surface area (Å²) >= 11 is 0. The fourth-order valence-corrected chi connectivity index (χ4v) is 3.42. The summed E-state index contributed by atoms with van der Waals surface area (Å²) in [5.74, 6) is 1.92. The molecule has 1 atom stereocenters. The van der Waals surface area contributed by atoms with Crippen molar-refractivity contribution in [1.82, 2.24) is 19.9 Å². The Bertz CT molecular complexity index is 857. The van der Waals surface area contributed by atoms with Gasteiger partial charge in [0.2, 0.25) is 5.91 Å². The highest BCUT2D eigenvalue weighted by molar-refractivity contribution is 5.92. The molecule has 1 aliphatic carbocycles. The van der Waals surface area contributed by atoms with Crippen LogP contribution in [0.3, 0.4) is 0 Å². The van der Waals surface area contributed by atoms with Crippen LogP contribution in [0.5, 0.6) is 11.5 Å². The number of carbonyl (C=O) groups is 1. The fourth-order valence-electron chi connectivity index (χ4n) is 3.42. The minimum absolute atomic E-state index is 0.00909. The monoisotopic (exact) mass is 368 g/mol. The van der Waals surface area contributed by atoms with Gasteiger partial charge in [-0.3, -0.25) is 4.79 Å². The van der Waals surface area contributed by atoms with E-state index in [9.17, 15) is 4.79 Å². The Balaban J connectivity index is 1.37. The zero-order valence-electron chi connectivity index (χ0n) is 15.7. The molecule has 1 saturated carbocycles. The molecule has 1 unspecified atom stereocenters. The first kappa shape index (κ1) is 17.6. The fraction of sp³-hybridized carbons (Fsp3) is 0.450. The van der Waals surface area contributed by atoms with E-state index < -0.39 is 0 Å². The van der Waals surface area contributed by atoms with Crippen molar-refractivity contribution in [3.8, 4) is 11.5 Å². The molecule has 27 heavy (non-hydrogen) atoms. The molecule has 142 valence electrons. The van der Waals surface area contributed by atoms with Crippen molar-refractivity contribution >= 4 is 12.0 Å². The third-order valence-electron chi connectivity index (χ3n) is 5.20. The third kappa shape index (κ3) is 3.82. The maximum Gasteiger partial charge on any atom is 0.246 e. The van der Waals surface area contributed by atoms with Gasteiger partial charge in [0.05, 0.1) is 26.0 Å². The smallest absolute Gasteiger partial charge is 0.246 e. The highest BCUT2D eigenvalue weighted by Crippen LogP contribution is 2.39. The summed E-state index contributed by atoms with van der Waals surface area (Å²) in [6, 6.07) is 5.79. The van der Waals surface area contributed by atoms with E-state index in [2.05, 4.69) is 16.5 Å². The van der Waals surface area contributed by atoms with Crippen LogP contribution < -0.4 is 9.47 Å². The summed E-state index contributed by atoms with van der Waals surface area (Å²) in [5.41, 5.74) is 1.98. The lowest BCUT2D eigenvalue weighted by Crippen LogP contribution is -2.27. The van der Waals surface area contributed by atoms with Crippen LogP contribution in [0.4, 0.5) is 0 Å². The standard InChI is InChI=1S/C20H24N4O3/c1-26-18-7-3-14(11-19(18)27-2)4-8-20(25)23-10-9-16(12-23)24-13-17(21-22-24)15-5-6-15/h3-4,7-8,11,13,15-16H,5-6,9-10,12H2,1-2H3/b8-4+. The summed E-state index contributed by atoms with van der Waals surface area (Å²) in [7, 11) is 3.20. The molecule has 1 saturated heterocycles. The number of aromatic nitrogens is 3. The summed E-state index contributed by atoms with van der Waals surface area (Å²) < 4.78 is 12.5. The van der Waals surface area contributed by atoms with Crippen molar-refractivity contribution in [3.63, 3.8) is 0 Å². The number of likely N-dealkylation sites (tertiary alicyclic amines) is 1. The van der Waals surface area contributed by atoms with Gasteiger partial charge < -0.3 is 14.4 Å². The molecule has 1 aromatic heterocycles. The highest BCUT2D eigenvalue weighted by Gasteiger charge is 2.30. The average molecular weight is 368 g/mol. The van der Waals surface area contributed by atoms with Crippen LogP contribution in [0.2, 0.25) is 0 Å². The Kier molecular flexibility index (Phi) is 4.83. The van der Waals surface area contributed by atoms with Crippen LogP contribution in [-0.2, 0) is 4.79 Å². The van der Waals surface area contributed by atoms with Crippen LogP contribution in [0.1, 0.15) is 42.5 Å². The normalized spacial score (nSPS) is 19.6.